The fourth-order valence-electron chi connectivity index (χ4n) is 3.48. The van der Waals surface area contributed by atoms with Gasteiger partial charge in [-0.05, 0) is 72.9 Å². The molecule has 1 atom stereocenters. The lowest BCUT2D eigenvalue weighted by atomic mass is 10.0. The van der Waals surface area contributed by atoms with Crippen molar-refractivity contribution in [1.29, 1.82) is 0 Å². The maximum absolute atomic E-state index is 13.2. The first-order valence-corrected chi connectivity index (χ1v) is 8.88. The number of rotatable bonds is 4. The molecular formula is C21H21FN2O2. The van der Waals surface area contributed by atoms with Crippen LogP contribution in [0.4, 0.5) is 4.39 Å². The molecule has 1 aliphatic heterocycles. The molecule has 1 aliphatic rings. The molecule has 134 valence electrons. The van der Waals surface area contributed by atoms with E-state index in [2.05, 4.69) is 16.4 Å². The van der Waals surface area contributed by atoms with Crippen LogP contribution in [0.5, 0.6) is 0 Å². The molecule has 0 saturated carbocycles. The first kappa shape index (κ1) is 16.8. The van der Waals surface area contributed by atoms with Gasteiger partial charge in [0.15, 0.2) is 0 Å². The largest absolute Gasteiger partial charge is 0.368 e. The number of amides is 1. The summed E-state index contributed by atoms with van der Waals surface area (Å²) in [4.78, 5) is 15.5. The Bertz CT molecular complexity index is 941. The molecule has 0 radical (unpaired) electrons. The molecule has 1 fully saturated rings. The first-order valence-electron chi connectivity index (χ1n) is 8.88. The molecule has 0 aliphatic carbocycles. The quantitative estimate of drug-likeness (QED) is 0.743. The van der Waals surface area contributed by atoms with Crippen LogP contribution in [0.25, 0.3) is 22.2 Å². The zero-order chi connectivity index (χ0) is 18.1. The third-order valence-corrected chi connectivity index (χ3v) is 4.94. The number of aryl methyl sites for hydroxylation is 1. The van der Waals surface area contributed by atoms with Gasteiger partial charge in [-0.15, -0.1) is 0 Å². The number of nitrogens with one attached hydrogen (secondary N) is 2. The summed E-state index contributed by atoms with van der Waals surface area (Å²) in [6.07, 6.45) is 1.43. The highest BCUT2D eigenvalue weighted by molar-refractivity contribution is 5.91. The molecule has 26 heavy (non-hydrogen) atoms. The highest BCUT2D eigenvalue weighted by Gasteiger charge is 2.23. The molecule has 0 bridgehead atoms. The average molecular weight is 352 g/mol. The van der Waals surface area contributed by atoms with Gasteiger partial charge >= 0.3 is 0 Å². The van der Waals surface area contributed by atoms with Gasteiger partial charge in [-0.2, -0.15) is 0 Å². The van der Waals surface area contributed by atoms with E-state index in [0.29, 0.717) is 13.2 Å². The van der Waals surface area contributed by atoms with Crippen LogP contribution in [-0.4, -0.2) is 23.6 Å². The first-order chi connectivity index (χ1) is 12.6. The number of H-pyrrole nitrogens is 1. The molecular weight excluding hydrogens is 331 g/mol. The number of carbonyl (C=O) groups is 1. The Hall–Kier alpha value is -2.66. The molecule has 0 spiro atoms. The van der Waals surface area contributed by atoms with E-state index in [1.807, 2.05) is 19.1 Å². The number of halogens is 1. The summed E-state index contributed by atoms with van der Waals surface area (Å²) < 4.78 is 18.6. The fraction of sp³-hybridized carbons (Fsp3) is 0.286. The van der Waals surface area contributed by atoms with Gasteiger partial charge in [0, 0.05) is 29.7 Å². The van der Waals surface area contributed by atoms with E-state index in [1.165, 1.54) is 12.1 Å². The number of aromatic nitrogens is 1. The molecule has 2 N–H and O–H groups in total. The van der Waals surface area contributed by atoms with Crippen LogP contribution in [0, 0.1) is 12.7 Å². The van der Waals surface area contributed by atoms with E-state index >= 15 is 0 Å². The van der Waals surface area contributed by atoms with Crippen LogP contribution in [0.2, 0.25) is 0 Å². The molecule has 2 aromatic carbocycles. The average Bonchev–Trinajstić information content (AvgIpc) is 3.29. The highest BCUT2D eigenvalue weighted by Crippen LogP contribution is 2.30. The van der Waals surface area contributed by atoms with Gasteiger partial charge in [-0.1, -0.05) is 6.07 Å². The predicted octanol–water partition coefficient (Wildman–Crippen LogP) is 4.08. The molecule has 1 saturated heterocycles. The minimum absolute atomic E-state index is 0.0413. The van der Waals surface area contributed by atoms with Crippen molar-refractivity contribution in [2.24, 2.45) is 0 Å². The lowest BCUT2D eigenvalue weighted by Gasteiger charge is -2.10. The number of benzene rings is 2. The smallest absolute Gasteiger partial charge is 0.249 e. The lowest BCUT2D eigenvalue weighted by Crippen LogP contribution is -2.33. The maximum Gasteiger partial charge on any atom is 0.249 e. The van der Waals surface area contributed by atoms with Crippen LogP contribution in [0.1, 0.15) is 24.0 Å². The lowest BCUT2D eigenvalue weighted by molar-refractivity contribution is -0.130. The number of carbonyl (C=O) groups excluding carboxylic acids is 1. The Balaban J connectivity index is 1.56. The van der Waals surface area contributed by atoms with Gasteiger partial charge in [0.05, 0.1) is 0 Å². The Kier molecular flexibility index (Phi) is 4.47. The summed E-state index contributed by atoms with van der Waals surface area (Å²) in [6.45, 7) is 3.19. The molecule has 1 amide bonds. The van der Waals surface area contributed by atoms with Crippen molar-refractivity contribution in [3.05, 3.63) is 59.4 Å². The summed E-state index contributed by atoms with van der Waals surface area (Å²) in [5.74, 6) is -0.285. The fourth-order valence-corrected chi connectivity index (χ4v) is 3.48. The topological polar surface area (TPSA) is 54.1 Å². The van der Waals surface area contributed by atoms with Crippen LogP contribution in [-0.2, 0) is 16.1 Å². The third-order valence-electron chi connectivity index (χ3n) is 4.94. The second-order valence-electron chi connectivity index (χ2n) is 6.73. The summed E-state index contributed by atoms with van der Waals surface area (Å²) in [6, 6.07) is 12.6. The predicted molar refractivity (Wildman–Crippen MR) is 99.3 cm³/mol. The Labute approximate surface area is 151 Å². The maximum atomic E-state index is 13.2. The molecule has 1 aromatic heterocycles. The van der Waals surface area contributed by atoms with Crippen molar-refractivity contribution in [1.82, 2.24) is 10.3 Å². The number of aromatic amines is 1. The van der Waals surface area contributed by atoms with Gasteiger partial charge in [-0.3, -0.25) is 4.79 Å². The highest BCUT2D eigenvalue weighted by atomic mass is 19.1. The monoisotopic (exact) mass is 352 g/mol. The van der Waals surface area contributed by atoms with E-state index in [0.717, 1.165) is 46.1 Å². The summed E-state index contributed by atoms with van der Waals surface area (Å²) in [5, 5.41) is 4.06. The van der Waals surface area contributed by atoms with Gasteiger partial charge < -0.3 is 15.0 Å². The number of hydrogen-bond donors (Lipinski definition) is 2. The van der Waals surface area contributed by atoms with Gasteiger partial charge in [0.2, 0.25) is 5.91 Å². The standard InChI is InChI=1S/C21H21FN2O2/c1-13-17-11-14(12-23-21(25)19-3-2-10-26-19)4-9-18(17)24-20(13)15-5-7-16(22)8-6-15/h4-9,11,19,24H,2-3,10,12H2,1H3,(H,23,25)/t19-/m1/s1. The van der Waals surface area contributed by atoms with Crippen molar-refractivity contribution in [3.8, 4) is 11.3 Å². The minimum atomic E-state index is -0.308. The van der Waals surface area contributed by atoms with Crippen molar-refractivity contribution in [3.63, 3.8) is 0 Å². The molecule has 5 heteroatoms. The van der Waals surface area contributed by atoms with E-state index in [1.54, 1.807) is 12.1 Å². The Morgan fingerprint density at radius 2 is 2.08 bits per heavy atom. The van der Waals surface area contributed by atoms with Gasteiger partial charge in [-0.25, -0.2) is 4.39 Å². The normalized spacial score (nSPS) is 16.9. The molecule has 3 aromatic rings. The number of ether oxygens (including phenoxy) is 1. The van der Waals surface area contributed by atoms with Crippen molar-refractivity contribution >= 4 is 16.8 Å². The van der Waals surface area contributed by atoms with E-state index in [4.69, 9.17) is 4.74 Å². The Morgan fingerprint density at radius 3 is 2.81 bits per heavy atom. The number of hydrogen-bond acceptors (Lipinski definition) is 2. The third kappa shape index (κ3) is 3.22. The minimum Gasteiger partial charge on any atom is -0.368 e. The molecule has 0 unspecified atom stereocenters. The molecule has 4 nitrogen and oxygen atoms in total. The van der Waals surface area contributed by atoms with Crippen LogP contribution in [0.3, 0.4) is 0 Å². The second-order valence-corrected chi connectivity index (χ2v) is 6.73. The van der Waals surface area contributed by atoms with Crippen LogP contribution < -0.4 is 5.32 Å². The van der Waals surface area contributed by atoms with E-state index < -0.39 is 0 Å². The molecule has 2 heterocycles. The molecule has 4 rings (SSSR count). The van der Waals surface area contributed by atoms with Crippen molar-refractivity contribution < 1.29 is 13.9 Å². The van der Waals surface area contributed by atoms with Crippen molar-refractivity contribution in [2.45, 2.75) is 32.4 Å². The summed E-state index contributed by atoms with van der Waals surface area (Å²) in [5.41, 5.74) is 5.11. The summed E-state index contributed by atoms with van der Waals surface area (Å²) in [7, 11) is 0. The van der Waals surface area contributed by atoms with E-state index in [-0.39, 0.29) is 17.8 Å². The Morgan fingerprint density at radius 1 is 1.27 bits per heavy atom. The zero-order valence-corrected chi connectivity index (χ0v) is 14.6. The summed E-state index contributed by atoms with van der Waals surface area (Å²) >= 11 is 0. The number of fused-ring (bicyclic) bond motifs is 1. The van der Waals surface area contributed by atoms with Crippen LogP contribution in [0.15, 0.2) is 42.5 Å². The van der Waals surface area contributed by atoms with Crippen LogP contribution >= 0.6 is 0 Å². The van der Waals surface area contributed by atoms with Gasteiger partial charge in [0.25, 0.3) is 0 Å². The zero-order valence-electron chi connectivity index (χ0n) is 14.6. The van der Waals surface area contributed by atoms with E-state index in [9.17, 15) is 9.18 Å². The SMILES string of the molecule is Cc1c(-c2ccc(F)cc2)[nH]c2ccc(CNC(=O)[C@H]3CCCO3)cc12. The van der Waals surface area contributed by atoms with Gasteiger partial charge in [0.1, 0.15) is 11.9 Å². The second kappa shape index (κ2) is 6.92. The van der Waals surface area contributed by atoms with Crippen molar-refractivity contribution in [2.75, 3.05) is 6.61 Å².